The Balaban J connectivity index is 2.92. The molecule has 2 atom stereocenters. The smallest absolute Gasteiger partial charge is 0.154 e. The Morgan fingerprint density at radius 3 is 2.40 bits per heavy atom. The van der Waals surface area contributed by atoms with Crippen LogP contribution in [0, 0.1) is 5.41 Å². The van der Waals surface area contributed by atoms with Crippen molar-refractivity contribution in [3.05, 3.63) is 0 Å². The minimum absolute atomic E-state index is 0.100. The third kappa shape index (κ3) is 2.53. The largest absolute Gasteiger partial charge is 0.312 e. The van der Waals surface area contributed by atoms with Gasteiger partial charge in [0.05, 0.1) is 5.25 Å². The second-order valence-electron chi connectivity index (χ2n) is 5.05. The average Bonchev–Trinajstić information content (AvgIpc) is 2.44. The molecule has 4 heteroatoms. The molecule has 0 aromatic heterocycles. The molecule has 0 aromatic rings. The Hall–Kier alpha value is -0.0900. The normalized spacial score (nSPS) is 30.7. The molecule has 3 nitrogen and oxygen atoms in total. The molecule has 1 rings (SSSR count). The molecule has 0 aliphatic heterocycles. The van der Waals surface area contributed by atoms with Gasteiger partial charge in [0.1, 0.15) is 0 Å². The molecule has 2 unspecified atom stereocenters. The summed E-state index contributed by atoms with van der Waals surface area (Å²) in [5, 5.41) is 3.16. The SMILES string of the molecule is CCNC1C(S(=O)(=O)CC)CCC1(C)C. The van der Waals surface area contributed by atoms with Crippen LogP contribution in [0.25, 0.3) is 0 Å². The third-order valence-electron chi connectivity index (χ3n) is 3.57. The Kier molecular flexibility index (Phi) is 3.82. The summed E-state index contributed by atoms with van der Waals surface area (Å²) in [7, 11) is -2.90. The molecule has 0 radical (unpaired) electrons. The molecule has 0 aromatic carbocycles. The number of rotatable bonds is 4. The summed E-state index contributed by atoms with van der Waals surface area (Å²) in [5.74, 6) is 0.260. The first-order valence-electron chi connectivity index (χ1n) is 5.80. The lowest BCUT2D eigenvalue weighted by atomic mass is 9.87. The van der Waals surface area contributed by atoms with Gasteiger partial charge in [0, 0.05) is 11.8 Å². The minimum atomic E-state index is -2.90. The molecule has 15 heavy (non-hydrogen) atoms. The first kappa shape index (κ1) is 13.0. The van der Waals surface area contributed by atoms with Crippen LogP contribution < -0.4 is 5.32 Å². The van der Waals surface area contributed by atoms with E-state index in [9.17, 15) is 8.42 Å². The molecule has 0 bridgehead atoms. The van der Waals surface area contributed by atoms with E-state index in [1.165, 1.54) is 0 Å². The fraction of sp³-hybridized carbons (Fsp3) is 1.00. The van der Waals surface area contributed by atoms with E-state index in [2.05, 4.69) is 19.2 Å². The van der Waals surface area contributed by atoms with Crippen LogP contribution in [-0.2, 0) is 9.84 Å². The zero-order valence-corrected chi connectivity index (χ0v) is 11.0. The van der Waals surface area contributed by atoms with Crippen LogP contribution in [0.5, 0.6) is 0 Å². The molecule has 1 fully saturated rings. The van der Waals surface area contributed by atoms with Crippen LogP contribution in [0.2, 0.25) is 0 Å². The number of sulfone groups is 1. The Bertz CT molecular complexity index is 309. The molecular formula is C11H23NO2S. The number of hydrogen-bond donors (Lipinski definition) is 1. The third-order valence-corrected chi connectivity index (χ3v) is 5.81. The zero-order chi connectivity index (χ0) is 11.7. The lowest BCUT2D eigenvalue weighted by Crippen LogP contribution is -2.47. The second kappa shape index (κ2) is 4.42. The van der Waals surface area contributed by atoms with Gasteiger partial charge in [-0.25, -0.2) is 8.42 Å². The maximum Gasteiger partial charge on any atom is 0.154 e. The highest BCUT2D eigenvalue weighted by Crippen LogP contribution is 2.40. The molecule has 0 heterocycles. The summed E-state index contributed by atoms with van der Waals surface area (Å²) >= 11 is 0. The van der Waals surface area contributed by atoms with Crippen LogP contribution in [0.4, 0.5) is 0 Å². The molecule has 0 spiro atoms. The Morgan fingerprint density at radius 1 is 1.33 bits per heavy atom. The lowest BCUT2D eigenvalue weighted by Gasteiger charge is -2.31. The predicted molar refractivity (Wildman–Crippen MR) is 63.7 cm³/mol. The van der Waals surface area contributed by atoms with Gasteiger partial charge in [0.15, 0.2) is 9.84 Å². The van der Waals surface area contributed by atoms with E-state index in [1.54, 1.807) is 6.92 Å². The molecule has 1 N–H and O–H groups in total. The van der Waals surface area contributed by atoms with Gasteiger partial charge in [-0.1, -0.05) is 27.7 Å². The molecule has 1 aliphatic carbocycles. The maximum absolute atomic E-state index is 11.9. The fourth-order valence-electron chi connectivity index (χ4n) is 2.57. The van der Waals surface area contributed by atoms with Gasteiger partial charge in [-0.2, -0.15) is 0 Å². The van der Waals surface area contributed by atoms with Crippen molar-refractivity contribution >= 4 is 9.84 Å². The highest BCUT2D eigenvalue weighted by atomic mass is 32.2. The monoisotopic (exact) mass is 233 g/mol. The lowest BCUT2D eigenvalue weighted by molar-refractivity contribution is 0.288. The summed E-state index contributed by atoms with van der Waals surface area (Å²) in [5.41, 5.74) is 0.100. The van der Waals surface area contributed by atoms with Crippen molar-refractivity contribution in [1.29, 1.82) is 0 Å². The van der Waals surface area contributed by atoms with Gasteiger partial charge in [0.25, 0.3) is 0 Å². The van der Waals surface area contributed by atoms with Crippen LogP contribution >= 0.6 is 0 Å². The van der Waals surface area contributed by atoms with E-state index < -0.39 is 9.84 Å². The summed E-state index contributed by atoms with van der Waals surface area (Å²) in [4.78, 5) is 0. The Labute approximate surface area is 93.6 Å². The van der Waals surface area contributed by atoms with Gasteiger partial charge in [0.2, 0.25) is 0 Å². The van der Waals surface area contributed by atoms with Crippen LogP contribution in [-0.4, -0.2) is 32.0 Å². The van der Waals surface area contributed by atoms with E-state index >= 15 is 0 Å². The number of hydrogen-bond acceptors (Lipinski definition) is 3. The summed E-state index contributed by atoms with van der Waals surface area (Å²) in [6, 6.07) is 0.118. The van der Waals surface area contributed by atoms with Gasteiger partial charge in [-0.15, -0.1) is 0 Å². The van der Waals surface area contributed by atoms with Gasteiger partial charge in [-0.05, 0) is 24.8 Å². The van der Waals surface area contributed by atoms with Gasteiger partial charge < -0.3 is 5.32 Å². The van der Waals surface area contributed by atoms with Crippen molar-refractivity contribution < 1.29 is 8.42 Å². The molecule has 0 amide bonds. The van der Waals surface area contributed by atoms with Crippen molar-refractivity contribution in [1.82, 2.24) is 5.32 Å². The highest BCUT2D eigenvalue weighted by Gasteiger charge is 2.46. The topological polar surface area (TPSA) is 46.2 Å². The van der Waals surface area contributed by atoms with Gasteiger partial charge in [-0.3, -0.25) is 0 Å². The Morgan fingerprint density at radius 2 is 1.93 bits per heavy atom. The van der Waals surface area contributed by atoms with Gasteiger partial charge >= 0.3 is 0 Å². The summed E-state index contributed by atoms with van der Waals surface area (Å²) < 4.78 is 23.9. The van der Waals surface area contributed by atoms with E-state index in [0.717, 1.165) is 19.4 Å². The van der Waals surface area contributed by atoms with Crippen LogP contribution in [0.3, 0.4) is 0 Å². The first-order chi connectivity index (χ1) is 6.85. The van der Waals surface area contributed by atoms with E-state index in [0.29, 0.717) is 0 Å². The van der Waals surface area contributed by atoms with Crippen molar-refractivity contribution in [2.24, 2.45) is 5.41 Å². The molecule has 90 valence electrons. The average molecular weight is 233 g/mol. The van der Waals surface area contributed by atoms with Crippen LogP contribution in [0.15, 0.2) is 0 Å². The number of nitrogens with one attached hydrogen (secondary N) is 1. The van der Waals surface area contributed by atoms with E-state index in [1.807, 2.05) is 6.92 Å². The van der Waals surface area contributed by atoms with Crippen LogP contribution in [0.1, 0.15) is 40.5 Å². The summed E-state index contributed by atoms with van der Waals surface area (Å²) in [6.07, 6.45) is 1.80. The molecule has 0 saturated heterocycles. The molecular weight excluding hydrogens is 210 g/mol. The quantitative estimate of drug-likeness (QED) is 0.802. The second-order valence-corrected chi connectivity index (χ2v) is 7.56. The molecule has 1 aliphatic rings. The van der Waals surface area contributed by atoms with Crippen molar-refractivity contribution in [3.8, 4) is 0 Å². The minimum Gasteiger partial charge on any atom is -0.312 e. The summed E-state index contributed by atoms with van der Waals surface area (Å²) in [6.45, 7) is 8.93. The van der Waals surface area contributed by atoms with E-state index in [4.69, 9.17) is 0 Å². The van der Waals surface area contributed by atoms with E-state index in [-0.39, 0.29) is 22.5 Å². The highest BCUT2D eigenvalue weighted by molar-refractivity contribution is 7.92. The fourth-order valence-corrected chi connectivity index (χ4v) is 4.35. The van der Waals surface area contributed by atoms with Crippen molar-refractivity contribution in [3.63, 3.8) is 0 Å². The standard InChI is InChI=1S/C11H23NO2S/c1-5-12-10-9(15(13,14)6-2)7-8-11(10,3)4/h9-10,12H,5-8H2,1-4H3. The van der Waals surface area contributed by atoms with Crippen molar-refractivity contribution in [2.45, 2.75) is 51.8 Å². The molecule has 1 saturated carbocycles. The maximum atomic E-state index is 11.9. The first-order valence-corrected chi connectivity index (χ1v) is 7.51. The van der Waals surface area contributed by atoms with Crippen molar-refractivity contribution in [2.75, 3.05) is 12.3 Å². The zero-order valence-electron chi connectivity index (χ0n) is 10.2. The predicted octanol–water partition coefficient (Wildman–Crippen LogP) is 1.59.